The maximum Gasteiger partial charge on any atom is 0.410 e. The van der Waals surface area contributed by atoms with Gasteiger partial charge in [-0.05, 0) is 90.1 Å². The second-order valence-electron chi connectivity index (χ2n) is 12.7. The molecule has 0 bridgehead atoms. The lowest BCUT2D eigenvalue weighted by atomic mass is 9.86. The van der Waals surface area contributed by atoms with Gasteiger partial charge in [-0.2, -0.15) is 0 Å². The summed E-state index contributed by atoms with van der Waals surface area (Å²) in [7, 11) is -0.194. The summed E-state index contributed by atoms with van der Waals surface area (Å²) in [6.45, 7) is 13.0. The molecule has 2 aliphatic heterocycles. The quantitative estimate of drug-likeness (QED) is 0.387. The maximum absolute atomic E-state index is 13.5. The Morgan fingerprint density at radius 3 is 2.20 bits per heavy atom. The van der Waals surface area contributed by atoms with Crippen LogP contribution in [-0.4, -0.2) is 67.5 Å². The first-order valence-electron chi connectivity index (χ1n) is 14.9. The zero-order valence-corrected chi connectivity index (χ0v) is 25.0. The highest BCUT2D eigenvalue weighted by molar-refractivity contribution is 6.06. The highest BCUT2D eigenvalue weighted by atomic mass is 16.6. The standard InChI is InChI=1S/C32H43N3O6/c1-31(2,3)40-28(36)27(23-14-15-33(21-23)30(38)41-32(4,5)6)19-22-10-8-11-24(18-22)34-16-17-35(29(34)37)25-12-9-13-26(20-25)39-7/h8-13,18,20,23,27H,14-17,19,21H2,1-7H3/t23-,27?/m0/s1/i7T. The van der Waals surface area contributed by atoms with Crippen LogP contribution in [0.25, 0.3) is 0 Å². The second kappa shape index (κ2) is 12.0. The van der Waals surface area contributed by atoms with Gasteiger partial charge in [-0.3, -0.25) is 14.6 Å². The minimum Gasteiger partial charge on any atom is -0.497 e. The molecule has 2 aliphatic rings. The summed E-state index contributed by atoms with van der Waals surface area (Å²) in [5, 5.41) is 0. The van der Waals surface area contributed by atoms with Crippen molar-refractivity contribution in [2.75, 3.05) is 43.1 Å². The van der Waals surface area contributed by atoms with Crippen molar-refractivity contribution in [1.29, 1.82) is 0 Å². The molecular formula is C32H43N3O6. The number of carbonyl (C=O) groups is 3. The van der Waals surface area contributed by atoms with Crippen molar-refractivity contribution in [2.45, 2.75) is 65.6 Å². The number of ether oxygens (including phenoxy) is 3. The fourth-order valence-electron chi connectivity index (χ4n) is 5.29. The number of benzene rings is 2. The first-order chi connectivity index (χ1) is 19.7. The summed E-state index contributed by atoms with van der Waals surface area (Å²) in [5.74, 6) is -0.293. The number of carbonyl (C=O) groups excluding carboxylic acids is 3. The Hall–Kier alpha value is -3.75. The van der Waals surface area contributed by atoms with Crippen LogP contribution in [0.3, 0.4) is 0 Å². The first-order valence-corrected chi connectivity index (χ1v) is 14.1. The van der Waals surface area contributed by atoms with Crippen LogP contribution in [0.2, 0.25) is 0 Å². The fourth-order valence-corrected chi connectivity index (χ4v) is 5.29. The van der Waals surface area contributed by atoms with Crippen molar-refractivity contribution in [1.82, 2.24) is 4.90 Å². The maximum atomic E-state index is 13.5. The van der Waals surface area contributed by atoms with Crippen LogP contribution in [-0.2, 0) is 20.7 Å². The molecular weight excluding hydrogens is 522 g/mol. The summed E-state index contributed by atoms with van der Waals surface area (Å²) >= 11 is 0. The van der Waals surface area contributed by atoms with Crippen LogP contribution in [0.4, 0.5) is 21.0 Å². The van der Waals surface area contributed by atoms with Crippen LogP contribution < -0.4 is 14.5 Å². The smallest absolute Gasteiger partial charge is 0.410 e. The number of rotatable bonds is 7. The summed E-state index contributed by atoms with van der Waals surface area (Å²) in [6, 6.07) is 14.7. The van der Waals surface area contributed by atoms with E-state index in [4.69, 9.17) is 15.6 Å². The van der Waals surface area contributed by atoms with E-state index < -0.39 is 17.1 Å². The van der Waals surface area contributed by atoms with Crippen LogP contribution in [0.5, 0.6) is 5.75 Å². The zero-order valence-electron chi connectivity index (χ0n) is 26.0. The van der Waals surface area contributed by atoms with Gasteiger partial charge in [0.05, 0.1) is 14.4 Å². The Labute approximate surface area is 244 Å². The second-order valence-corrected chi connectivity index (χ2v) is 12.7. The topological polar surface area (TPSA) is 88.6 Å². The van der Waals surface area contributed by atoms with Gasteiger partial charge in [0, 0.05) is 43.6 Å². The zero-order chi connectivity index (χ0) is 30.7. The molecule has 2 heterocycles. The first kappa shape index (κ1) is 28.8. The Kier molecular flexibility index (Phi) is 8.42. The largest absolute Gasteiger partial charge is 0.497 e. The number of urea groups is 1. The number of nitrogens with zero attached hydrogens (tertiary/aromatic N) is 3. The van der Waals surface area contributed by atoms with Gasteiger partial charge < -0.3 is 19.1 Å². The molecule has 0 saturated carbocycles. The molecule has 9 nitrogen and oxygen atoms in total. The third kappa shape index (κ3) is 7.71. The SMILES string of the molecule is [3H]COc1cccc(N2CCN(c3cccc(CC(C(=O)OC(C)(C)C)[C@H]4CCN(C(=O)OC(C)(C)C)C4)c3)C2=O)c1. The van der Waals surface area contributed by atoms with E-state index >= 15 is 0 Å². The van der Waals surface area contributed by atoms with Gasteiger partial charge in [-0.1, -0.05) is 18.2 Å². The normalized spacial score (nSPS) is 18.8. The van der Waals surface area contributed by atoms with Crippen LogP contribution in [0.15, 0.2) is 48.5 Å². The summed E-state index contributed by atoms with van der Waals surface area (Å²) in [4.78, 5) is 44.7. The lowest BCUT2D eigenvalue weighted by Gasteiger charge is -2.28. The van der Waals surface area contributed by atoms with Crippen molar-refractivity contribution in [3.8, 4) is 5.75 Å². The van der Waals surface area contributed by atoms with Gasteiger partial charge in [-0.15, -0.1) is 0 Å². The molecule has 2 fully saturated rings. The van der Waals surface area contributed by atoms with Crippen LogP contribution in [0.1, 0.15) is 54.9 Å². The van der Waals surface area contributed by atoms with E-state index in [1.165, 1.54) is 0 Å². The van der Waals surface area contributed by atoms with Gasteiger partial charge in [0.25, 0.3) is 0 Å². The highest BCUT2D eigenvalue weighted by Crippen LogP contribution is 2.33. The molecule has 2 atom stereocenters. The van der Waals surface area contributed by atoms with E-state index in [0.29, 0.717) is 50.5 Å². The lowest BCUT2D eigenvalue weighted by Crippen LogP contribution is -2.38. The summed E-state index contributed by atoms with van der Waals surface area (Å²) < 4.78 is 24.0. The fraction of sp³-hybridized carbons (Fsp3) is 0.531. The summed E-state index contributed by atoms with van der Waals surface area (Å²) in [5.41, 5.74) is 1.14. The Balaban J connectivity index is 1.51. The molecule has 9 heteroatoms. The van der Waals surface area contributed by atoms with Crippen molar-refractivity contribution >= 4 is 29.5 Å². The third-order valence-electron chi connectivity index (χ3n) is 7.14. The van der Waals surface area contributed by atoms with Crippen molar-refractivity contribution in [3.63, 3.8) is 0 Å². The van der Waals surface area contributed by atoms with Crippen LogP contribution in [0, 0.1) is 11.8 Å². The van der Waals surface area contributed by atoms with Gasteiger partial charge >= 0.3 is 18.1 Å². The third-order valence-corrected chi connectivity index (χ3v) is 7.14. The van der Waals surface area contributed by atoms with Gasteiger partial charge in [0.15, 0.2) is 0 Å². The number of hydrogen-bond acceptors (Lipinski definition) is 6. The molecule has 0 aromatic heterocycles. The predicted octanol–water partition coefficient (Wildman–Crippen LogP) is 5.90. The highest BCUT2D eigenvalue weighted by Gasteiger charge is 2.39. The van der Waals surface area contributed by atoms with E-state index in [0.717, 1.165) is 11.3 Å². The number of anilines is 2. The number of likely N-dealkylation sites (tertiary alicyclic amines) is 1. The predicted molar refractivity (Wildman–Crippen MR) is 158 cm³/mol. The van der Waals surface area contributed by atoms with Crippen LogP contribution >= 0.6 is 0 Å². The minimum atomic E-state index is -0.644. The molecule has 2 aromatic carbocycles. The number of amides is 3. The number of methoxy groups -OCH3 is 1. The van der Waals surface area contributed by atoms with E-state index in [1.807, 2.05) is 71.9 Å². The molecule has 2 aromatic rings. The van der Waals surface area contributed by atoms with E-state index in [-0.39, 0.29) is 31.1 Å². The van der Waals surface area contributed by atoms with Crippen molar-refractivity contribution < 1.29 is 30.0 Å². The lowest BCUT2D eigenvalue weighted by molar-refractivity contribution is -0.161. The molecule has 0 radical (unpaired) electrons. The molecule has 0 aliphatic carbocycles. The van der Waals surface area contributed by atoms with Crippen molar-refractivity contribution in [3.05, 3.63) is 54.1 Å². The van der Waals surface area contributed by atoms with Gasteiger partial charge in [-0.25, -0.2) is 9.59 Å². The molecule has 1 unspecified atom stereocenters. The Morgan fingerprint density at radius 2 is 1.56 bits per heavy atom. The number of hydrogen-bond donors (Lipinski definition) is 0. The van der Waals surface area contributed by atoms with E-state index in [9.17, 15) is 14.4 Å². The molecule has 3 amide bonds. The molecule has 222 valence electrons. The van der Waals surface area contributed by atoms with Gasteiger partial charge in [0.2, 0.25) is 0 Å². The molecule has 0 spiro atoms. The van der Waals surface area contributed by atoms with Crippen molar-refractivity contribution in [2.24, 2.45) is 11.8 Å². The number of esters is 1. The monoisotopic (exact) mass is 567 g/mol. The Morgan fingerprint density at radius 1 is 0.927 bits per heavy atom. The minimum absolute atomic E-state index is 0.0850. The molecule has 4 rings (SSSR count). The van der Waals surface area contributed by atoms with E-state index in [1.54, 1.807) is 32.9 Å². The molecule has 0 N–H and O–H groups in total. The average molecular weight is 568 g/mol. The van der Waals surface area contributed by atoms with Gasteiger partial charge in [0.1, 0.15) is 17.0 Å². The Bertz CT molecular complexity index is 1290. The summed E-state index contributed by atoms with van der Waals surface area (Å²) in [6.07, 6.45) is 0.725. The van der Waals surface area contributed by atoms with E-state index in [2.05, 4.69) is 0 Å². The molecule has 41 heavy (non-hydrogen) atoms. The average Bonchev–Trinajstić information content (AvgIpc) is 3.53. The molecule has 2 saturated heterocycles.